The van der Waals surface area contributed by atoms with Crippen LogP contribution in [-0.4, -0.2) is 22.3 Å². The standard InChI is InChI=1S/C20H19BrN2OS/c1-3-23-13(2)17(19(24)15-7-5-4-6-8-15)18(22-20(23)25)14-9-11-16(21)12-10-14/h4-12,18H,3H2,1-2H3,(H,22,25)/t18-/m1/s1. The van der Waals surface area contributed by atoms with Crippen LogP contribution < -0.4 is 5.32 Å². The summed E-state index contributed by atoms with van der Waals surface area (Å²) in [4.78, 5) is 15.2. The van der Waals surface area contributed by atoms with Gasteiger partial charge in [-0.25, -0.2) is 0 Å². The predicted octanol–water partition coefficient (Wildman–Crippen LogP) is 4.86. The Morgan fingerprint density at radius 3 is 2.40 bits per heavy atom. The third-order valence-corrected chi connectivity index (χ3v) is 5.26. The Kier molecular flexibility index (Phi) is 5.35. The molecule has 2 aromatic carbocycles. The van der Waals surface area contributed by atoms with Gasteiger partial charge in [-0.1, -0.05) is 58.4 Å². The lowest BCUT2D eigenvalue weighted by atomic mass is 9.89. The van der Waals surface area contributed by atoms with Crippen molar-refractivity contribution in [2.75, 3.05) is 6.54 Å². The smallest absolute Gasteiger partial charge is 0.193 e. The van der Waals surface area contributed by atoms with Gasteiger partial charge in [-0.3, -0.25) is 4.79 Å². The molecule has 0 saturated heterocycles. The predicted molar refractivity (Wildman–Crippen MR) is 108 cm³/mol. The topological polar surface area (TPSA) is 32.3 Å². The van der Waals surface area contributed by atoms with Gasteiger partial charge in [0.05, 0.1) is 6.04 Å². The average Bonchev–Trinajstić information content (AvgIpc) is 2.62. The van der Waals surface area contributed by atoms with Crippen molar-refractivity contribution in [3.05, 3.63) is 81.5 Å². The zero-order valence-corrected chi connectivity index (χ0v) is 16.5. The Hall–Kier alpha value is -1.98. The van der Waals surface area contributed by atoms with Gasteiger partial charge in [-0.2, -0.15) is 0 Å². The fourth-order valence-electron chi connectivity index (χ4n) is 3.11. The number of rotatable bonds is 4. The summed E-state index contributed by atoms with van der Waals surface area (Å²) in [6.45, 7) is 4.72. The molecule has 3 nitrogen and oxygen atoms in total. The molecule has 0 aliphatic carbocycles. The van der Waals surface area contributed by atoms with E-state index in [1.54, 1.807) is 0 Å². The molecule has 128 valence electrons. The average molecular weight is 415 g/mol. The van der Waals surface area contributed by atoms with Crippen LogP contribution in [-0.2, 0) is 0 Å². The molecule has 1 aliphatic rings. The van der Waals surface area contributed by atoms with Crippen LogP contribution in [0.15, 0.2) is 70.3 Å². The van der Waals surface area contributed by atoms with Crippen LogP contribution in [0, 0.1) is 0 Å². The van der Waals surface area contributed by atoms with E-state index in [1.807, 2.05) is 73.3 Å². The first-order chi connectivity index (χ1) is 12.0. The molecule has 1 heterocycles. The molecule has 0 unspecified atom stereocenters. The van der Waals surface area contributed by atoms with E-state index < -0.39 is 0 Å². The van der Waals surface area contributed by atoms with E-state index in [0.717, 1.165) is 27.9 Å². The van der Waals surface area contributed by atoms with Gasteiger partial charge in [0.15, 0.2) is 10.9 Å². The van der Waals surface area contributed by atoms with E-state index in [-0.39, 0.29) is 11.8 Å². The number of carbonyl (C=O) groups is 1. The fourth-order valence-corrected chi connectivity index (χ4v) is 3.75. The summed E-state index contributed by atoms with van der Waals surface area (Å²) in [5.74, 6) is 0.0273. The molecule has 1 atom stereocenters. The van der Waals surface area contributed by atoms with Gasteiger partial charge in [0.25, 0.3) is 0 Å². The third kappa shape index (κ3) is 3.53. The van der Waals surface area contributed by atoms with E-state index in [0.29, 0.717) is 10.7 Å². The van der Waals surface area contributed by atoms with E-state index in [2.05, 4.69) is 21.2 Å². The minimum Gasteiger partial charge on any atom is -0.351 e. The second-order valence-electron chi connectivity index (χ2n) is 5.87. The number of carbonyl (C=O) groups excluding carboxylic acids is 1. The largest absolute Gasteiger partial charge is 0.351 e. The summed E-state index contributed by atoms with van der Waals surface area (Å²) in [6, 6.07) is 17.1. The van der Waals surface area contributed by atoms with Gasteiger partial charge in [-0.15, -0.1) is 0 Å². The Morgan fingerprint density at radius 2 is 1.80 bits per heavy atom. The Morgan fingerprint density at radius 1 is 1.16 bits per heavy atom. The van der Waals surface area contributed by atoms with Crippen molar-refractivity contribution in [2.45, 2.75) is 19.9 Å². The lowest BCUT2D eigenvalue weighted by Gasteiger charge is -2.37. The second-order valence-corrected chi connectivity index (χ2v) is 7.17. The lowest BCUT2D eigenvalue weighted by Crippen LogP contribution is -2.47. The van der Waals surface area contributed by atoms with Crippen molar-refractivity contribution in [3.8, 4) is 0 Å². The maximum Gasteiger partial charge on any atom is 0.193 e. The van der Waals surface area contributed by atoms with E-state index in [9.17, 15) is 4.79 Å². The minimum atomic E-state index is -0.254. The van der Waals surface area contributed by atoms with Gasteiger partial charge in [0.1, 0.15) is 0 Å². The molecule has 1 aliphatic heterocycles. The van der Waals surface area contributed by atoms with Crippen LogP contribution in [0.3, 0.4) is 0 Å². The molecule has 0 spiro atoms. The summed E-state index contributed by atoms with van der Waals surface area (Å²) in [5, 5.41) is 4.00. The van der Waals surface area contributed by atoms with Crippen molar-refractivity contribution < 1.29 is 4.79 Å². The van der Waals surface area contributed by atoms with Gasteiger partial charge in [0, 0.05) is 27.9 Å². The van der Waals surface area contributed by atoms with Gasteiger partial charge in [-0.05, 0) is 43.8 Å². The highest BCUT2D eigenvalue weighted by atomic mass is 79.9. The van der Waals surface area contributed by atoms with Gasteiger partial charge < -0.3 is 10.2 Å². The van der Waals surface area contributed by atoms with E-state index in [1.165, 1.54) is 0 Å². The Bertz CT molecular complexity index is 831. The minimum absolute atomic E-state index is 0.0273. The Labute approximate surface area is 161 Å². The molecule has 0 saturated carbocycles. The van der Waals surface area contributed by atoms with Gasteiger partial charge >= 0.3 is 0 Å². The molecule has 5 heteroatoms. The number of ketones is 1. The highest BCUT2D eigenvalue weighted by molar-refractivity contribution is 9.10. The molecule has 0 fully saturated rings. The van der Waals surface area contributed by atoms with Crippen LogP contribution >= 0.6 is 28.1 Å². The third-order valence-electron chi connectivity index (χ3n) is 4.40. The summed E-state index contributed by atoms with van der Waals surface area (Å²) < 4.78 is 1.00. The van der Waals surface area contributed by atoms with Gasteiger partial charge in [0.2, 0.25) is 0 Å². The SMILES string of the molecule is CCN1C(=S)N[C@H](c2ccc(Br)cc2)C(C(=O)c2ccccc2)=C1C. The highest BCUT2D eigenvalue weighted by Crippen LogP contribution is 2.33. The Balaban J connectivity index is 2.12. The first-order valence-electron chi connectivity index (χ1n) is 8.17. The molecule has 25 heavy (non-hydrogen) atoms. The first-order valence-corrected chi connectivity index (χ1v) is 9.37. The number of halogens is 1. The summed E-state index contributed by atoms with van der Waals surface area (Å²) in [5.41, 5.74) is 3.35. The molecule has 0 amide bonds. The lowest BCUT2D eigenvalue weighted by molar-refractivity contribution is 0.102. The number of hydrogen-bond donors (Lipinski definition) is 1. The number of allylic oxidation sites excluding steroid dienone is 1. The summed E-state index contributed by atoms with van der Waals surface area (Å²) in [6.07, 6.45) is 0. The van der Waals surface area contributed by atoms with Crippen molar-refractivity contribution in [3.63, 3.8) is 0 Å². The molecule has 0 bridgehead atoms. The van der Waals surface area contributed by atoms with Crippen molar-refractivity contribution in [1.82, 2.24) is 10.2 Å². The maximum atomic E-state index is 13.3. The molecule has 1 N–H and O–H groups in total. The second kappa shape index (κ2) is 7.50. The molecule has 0 aromatic heterocycles. The zero-order valence-electron chi connectivity index (χ0n) is 14.1. The quantitative estimate of drug-likeness (QED) is 0.571. The van der Waals surface area contributed by atoms with E-state index in [4.69, 9.17) is 12.2 Å². The van der Waals surface area contributed by atoms with Crippen molar-refractivity contribution in [1.29, 1.82) is 0 Å². The monoisotopic (exact) mass is 414 g/mol. The highest BCUT2D eigenvalue weighted by Gasteiger charge is 2.33. The van der Waals surface area contributed by atoms with Crippen molar-refractivity contribution in [2.24, 2.45) is 0 Å². The number of Topliss-reactive ketones (excluding diaryl/α,β-unsaturated/α-hetero) is 1. The van der Waals surface area contributed by atoms with Crippen LogP contribution in [0.2, 0.25) is 0 Å². The summed E-state index contributed by atoms with van der Waals surface area (Å²) in [7, 11) is 0. The first kappa shape index (κ1) is 17.8. The number of nitrogens with zero attached hydrogens (tertiary/aromatic N) is 1. The number of nitrogens with one attached hydrogen (secondary N) is 1. The number of thiocarbonyl (C=S) groups is 1. The molecular formula is C20H19BrN2OS. The van der Waals surface area contributed by atoms with Crippen LogP contribution in [0.5, 0.6) is 0 Å². The van der Waals surface area contributed by atoms with Crippen LogP contribution in [0.4, 0.5) is 0 Å². The fraction of sp³-hybridized carbons (Fsp3) is 0.200. The zero-order chi connectivity index (χ0) is 18.0. The van der Waals surface area contributed by atoms with Crippen molar-refractivity contribution >= 4 is 39.0 Å². The number of benzene rings is 2. The number of hydrogen-bond acceptors (Lipinski definition) is 2. The molecule has 0 radical (unpaired) electrons. The molecule has 2 aromatic rings. The summed E-state index contributed by atoms with van der Waals surface area (Å²) >= 11 is 8.98. The van der Waals surface area contributed by atoms with Crippen LogP contribution in [0.25, 0.3) is 0 Å². The maximum absolute atomic E-state index is 13.3. The molecular weight excluding hydrogens is 396 g/mol. The van der Waals surface area contributed by atoms with E-state index >= 15 is 0 Å². The van der Waals surface area contributed by atoms with Crippen LogP contribution in [0.1, 0.15) is 35.8 Å². The normalized spacial score (nSPS) is 17.5. The molecule has 3 rings (SSSR count).